The van der Waals surface area contributed by atoms with Gasteiger partial charge >= 0.3 is 11.6 Å². The van der Waals surface area contributed by atoms with Crippen LogP contribution in [0.5, 0.6) is 0 Å². The molecule has 0 saturated heterocycles. The van der Waals surface area contributed by atoms with Gasteiger partial charge in [0.15, 0.2) is 0 Å². The first-order valence-corrected chi connectivity index (χ1v) is 10.6. The maximum absolute atomic E-state index is 12.9. The Morgan fingerprint density at radius 2 is 1.87 bits per heavy atom. The molecule has 0 fully saturated rings. The van der Waals surface area contributed by atoms with Gasteiger partial charge in [-0.25, -0.2) is 9.59 Å². The summed E-state index contributed by atoms with van der Waals surface area (Å²) in [5.41, 5.74) is 1.03. The van der Waals surface area contributed by atoms with Crippen molar-refractivity contribution in [2.45, 2.75) is 6.92 Å². The molecule has 2 aromatic heterocycles. The number of nitrogens with one attached hydrogen (secondary N) is 1. The molecule has 0 bridgehead atoms. The van der Waals surface area contributed by atoms with Gasteiger partial charge in [0.2, 0.25) is 0 Å². The van der Waals surface area contributed by atoms with Gasteiger partial charge in [-0.3, -0.25) is 4.79 Å². The number of rotatable bonds is 5. The molecule has 8 heteroatoms. The summed E-state index contributed by atoms with van der Waals surface area (Å²) in [4.78, 5) is 37.9. The first-order valence-electron chi connectivity index (χ1n) is 9.36. The first-order chi connectivity index (χ1) is 15.0. The number of carbonyl (C=O) groups is 2. The zero-order valence-electron chi connectivity index (χ0n) is 16.3. The van der Waals surface area contributed by atoms with Crippen molar-refractivity contribution in [3.05, 3.63) is 86.5 Å². The standard InChI is InChI=1S/C23H16ClNO5S/c1-2-29-23(28)19-17(13-7-9-15(24)10-8-13)12-31-21(19)25-20(26)16-11-14-5-3-4-6-18(14)30-22(16)27/h3-12H,2H2,1H3,(H,25,26). The van der Waals surface area contributed by atoms with Gasteiger partial charge in [0.1, 0.15) is 21.7 Å². The van der Waals surface area contributed by atoms with Crippen LogP contribution < -0.4 is 10.9 Å². The highest BCUT2D eigenvalue weighted by Gasteiger charge is 2.24. The lowest BCUT2D eigenvalue weighted by atomic mass is 10.0. The van der Waals surface area contributed by atoms with Crippen molar-refractivity contribution < 1.29 is 18.7 Å². The van der Waals surface area contributed by atoms with Crippen molar-refractivity contribution in [3.63, 3.8) is 0 Å². The van der Waals surface area contributed by atoms with E-state index in [2.05, 4.69) is 5.32 Å². The van der Waals surface area contributed by atoms with Gasteiger partial charge in [0.25, 0.3) is 5.91 Å². The SMILES string of the molecule is CCOC(=O)c1c(-c2ccc(Cl)cc2)csc1NC(=O)c1cc2ccccc2oc1=O. The molecule has 0 atom stereocenters. The van der Waals surface area contributed by atoms with E-state index in [4.69, 9.17) is 20.8 Å². The number of thiophene rings is 1. The topological polar surface area (TPSA) is 85.6 Å². The first kappa shape index (κ1) is 20.8. The summed E-state index contributed by atoms with van der Waals surface area (Å²) in [5.74, 6) is -1.25. The number of fused-ring (bicyclic) bond motifs is 1. The Balaban J connectivity index is 1.73. The number of esters is 1. The highest BCUT2D eigenvalue weighted by Crippen LogP contribution is 2.37. The minimum atomic E-state index is -0.761. The number of hydrogen-bond acceptors (Lipinski definition) is 6. The summed E-state index contributed by atoms with van der Waals surface area (Å²) in [6, 6.07) is 15.3. The summed E-state index contributed by atoms with van der Waals surface area (Å²) < 4.78 is 10.4. The molecule has 2 heterocycles. The molecular formula is C23H16ClNO5S. The fourth-order valence-corrected chi connectivity index (χ4v) is 4.17. The molecule has 1 amide bonds. The molecule has 4 aromatic rings. The van der Waals surface area contributed by atoms with Crippen molar-refractivity contribution in [2.24, 2.45) is 0 Å². The molecule has 156 valence electrons. The summed E-state index contributed by atoms with van der Waals surface area (Å²) in [6.07, 6.45) is 0. The Kier molecular flexibility index (Phi) is 5.88. The molecule has 0 aliphatic carbocycles. The van der Waals surface area contributed by atoms with Crippen LogP contribution in [-0.4, -0.2) is 18.5 Å². The third-order valence-electron chi connectivity index (χ3n) is 4.54. The third kappa shape index (κ3) is 4.23. The van der Waals surface area contributed by atoms with Crippen molar-refractivity contribution >= 4 is 50.8 Å². The van der Waals surface area contributed by atoms with Gasteiger partial charge in [-0.05, 0) is 36.8 Å². The highest BCUT2D eigenvalue weighted by molar-refractivity contribution is 7.15. The second-order valence-corrected chi connectivity index (χ2v) is 7.84. The quantitative estimate of drug-likeness (QED) is 0.314. The van der Waals surface area contributed by atoms with E-state index in [1.54, 1.807) is 60.8 Å². The Labute approximate surface area is 186 Å². The van der Waals surface area contributed by atoms with E-state index in [9.17, 15) is 14.4 Å². The number of hydrogen-bond donors (Lipinski definition) is 1. The van der Waals surface area contributed by atoms with E-state index in [1.807, 2.05) is 0 Å². The Morgan fingerprint density at radius 3 is 2.61 bits per heavy atom. The number of ether oxygens (including phenoxy) is 1. The molecular weight excluding hydrogens is 438 g/mol. The van der Waals surface area contributed by atoms with Crippen LogP contribution in [0.25, 0.3) is 22.1 Å². The largest absolute Gasteiger partial charge is 0.462 e. The number of halogens is 1. The number of para-hydroxylation sites is 1. The Hall–Kier alpha value is -3.42. The highest BCUT2D eigenvalue weighted by atomic mass is 35.5. The lowest BCUT2D eigenvalue weighted by Crippen LogP contribution is -2.21. The minimum absolute atomic E-state index is 0.157. The van der Waals surface area contributed by atoms with Gasteiger partial charge in [0, 0.05) is 21.4 Å². The van der Waals surface area contributed by atoms with Gasteiger partial charge in [-0.15, -0.1) is 11.3 Å². The zero-order chi connectivity index (χ0) is 22.0. The number of anilines is 1. The molecule has 6 nitrogen and oxygen atoms in total. The second-order valence-electron chi connectivity index (χ2n) is 6.52. The predicted molar refractivity (Wildman–Crippen MR) is 121 cm³/mol. The molecule has 0 aliphatic rings. The van der Waals surface area contributed by atoms with Crippen LogP contribution in [-0.2, 0) is 4.74 Å². The lowest BCUT2D eigenvalue weighted by molar-refractivity contribution is 0.0529. The molecule has 0 aliphatic heterocycles. The fraction of sp³-hybridized carbons (Fsp3) is 0.0870. The average molecular weight is 454 g/mol. The number of carbonyl (C=O) groups excluding carboxylic acids is 2. The summed E-state index contributed by atoms with van der Waals surface area (Å²) in [7, 11) is 0. The van der Waals surface area contributed by atoms with E-state index in [0.29, 0.717) is 21.6 Å². The average Bonchev–Trinajstić information content (AvgIpc) is 3.17. The van der Waals surface area contributed by atoms with E-state index in [-0.39, 0.29) is 22.7 Å². The molecule has 1 N–H and O–H groups in total. The fourth-order valence-electron chi connectivity index (χ4n) is 3.09. The molecule has 4 rings (SSSR count). The molecule has 31 heavy (non-hydrogen) atoms. The van der Waals surface area contributed by atoms with Crippen LogP contribution in [0.1, 0.15) is 27.6 Å². The predicted octanol–water partition coefficient (Wildman–Crippen LogP) is 5.60. The van der Waals surface area contributed by atoms with Crippen LogP contribution in [0.3, 0.4) is 0 Å². The van der Waals surface area contributed by atoms with E-state index < -0.39 is 17.5 Å². The van der Waals surface area contributed by atoms with E-state index >= 15 is 0 Å². The van der Waals surface area contributed by atoms with Crippen LogP contribution in [0.2, 0.25) is 5.02 Å². The van der Waals surface area contributed by atoms with Crippen molar-refractivity contribution in [1.82, 2.24) is 0 Å². The molecule has 0 saturated carbocycles. The van der Waals surface area contributed by atoms with Gasteiger partial charge in [-0.2, -0.15) is 0 Å². The summed E-state index contributed by atoms with van der Waals surface area (Å²) >= 11 is 7.13. The van der Waals surface area contributed by atoms with Gasteiger partial charge < -0.3 is 14.5 Å². The number of benzene rings is 2. The van der Waals surface area contributed by atoms with Crippen LogP contribution in [0.4, 0.5) is 5.00 Å². The van der Waals surface area contributed by atoms with Crippen molar-refractivity contribution in [2.75, 3.05) is 11.9 Å². The van der Waals surface area contributed by atoms with Gasteiger partial charge in [0.05, 0.1) is 6.61 Å². The second kappa shape index (κ2) is 8.75. The molecule has 2 aromatic carbocycles. The molecule has 0 radical (unpaired) electrons. The Morgan fingerprint density at radius 1 is 1.13 bits per heavy atom. The minimum Gasteiger partial charge on any atom is -0.462 e. The van der Waals surface area contributed by atoms with Crippen LogP contribution >= 0.6 is 22.9 Å². The maximum Gasteiger partial charge on any atom is 0.349 e. The van der Waals surface area contributed by atoms with Gasteiger partial charge in [-0.1, -0.05) is 41.9 Å². The van der Waals surface area contributed by atoms with Crippen molar-refractivity contribution in [3.8, 4) is 11.1 Å². The smallest absolute Gasteiger partial charge is 0.349 e. The summed E-state index contributed by atoms with van der Waals surface area (Å²) in [6.45, 7) is 1.88. The normalized spacial score (nSPS) is 10.8. The zero-order valence-corrected chi connectivity index (χ0v) is 17.9. The van der Waals surface area contributed by atoms with E-state index in [1.165, 1.54) is 6.07 Å². The Bertz CT molecular complexity index is 1340. The maximum atomic E-state index is 12.9. The van der Waals surface area contributed by atoms with Crippen molar-refractivity contribution in [1.29, 1.82) is 0 Å². The summed E-state index contributed by atoms with van der Waals surface area (Å²) in [5, 5.41) is 5.87. The molecule has 0 spiro atoms. The van der Waals surface area contributed by atoms with Crippen LogP contribution in [0, 0.1) is 0 Å². The molecule has 0 unspecified atom stereocenters. The van der Waals surface area contributed by atoms with E-state index in [0.717, 1.165) is 16.9 Å². The lowest BCUT2D eigenvalue weighted by Gasteiger charge is -2.09. The van der Waals surface area contributed by atoms with Crippen LogP contribution in [0.15, 0.2) is 69.2 Å². The number of amides is 1. The third-order valence-corrected chi connectivity index (χ3v) is 5.69. The monoisotopic (exact) mass is 453 g/mol.